The molecule has 0 aromatic heterocycles. The van der Waals surface area contributed by atoms with Gasteiger partial charge in [0.15, 0.2) is 10.8 Å². The summed E-state index contributed by atoms with van der Waals surface area (Å²) in [6.45, 7) is 1.83. The predicted molar refractivity (Wildman–Crippen MR) is 136 cm³/mol. The van der Waals surface area contributed by atoms with Gasteiger partial charge in [0.05, 0.1) is 13.2 Å². The molecule has 2 heterocycles. The van der Waals surface area contributed by atoms with E-state index in [0.29, 0.717) is 28.0 Å². The van der Waals surface area contributed by atoms with Crippen LogP contribution in [0, 0.1) is 11.7 Å². The van der Waals surface area contributed by atoms with Crippen molar-refractivity contribution in [2.75, 3.05) is 17.3 Å². The van der Waals surface area contributed by atoms with Gasteiger partial charge in [-0.1, -0.05) is 15.9 Å². The van der Waals surface area contributed by atoms with Gasteiger partial charge in [0.25, 0.3) is 0 Å². The van der Waals surface area contributed by atoms with Crippen LogP contribution in [0.5, 0.6) is 11.5 Å². The second-order valence-electron chi connectivity index (χ2n) is 8.27. The molecule has 0 radical (unpaired) electrons. The number of carbonyl (C=O) groups excluding carboxylic acids is 1. The van der Waals surface area contributed by atoms with Gasteiger partial charge in [-0.2, -0.15) is 0 Å². The first kappa shape index (κ1) is 22.6. The summed E-state index contributed by atoms with van der Waals surface area (Å²) in [4.78, 5) is 15.5. The molecule has 34 heavy (non-hydrogen) atoms. The number of rotatable bonds is 4. The van der Waals surface area contributed by atoms with Crippen molar-refractivity contribution in [3.05, 3.63) is 82.6 Å². The first-order valence-corrected chi connectivity index (χ1v) is 11.8. The average Bonchev–Trinajstić information content (AvgIpc) is 2.81. The maximum Gasteiger partial charge on any atom is 0.236 e. The summed E-state index contributed by atoms with van der Waals surface area (Å²) in [6.07, 6.45) is 0. The van der Waals surface area contributed by atoms with Crippen LogP contribution in [-0.4, -0.2) is 23.9 Å². The molecule has 3 aromatic carbocycles. The molecule has 1 fully saturated rings. The highest BCUT2D eigenvalue weighted by Gasteiger charge is 2.59. The third-order valence-corrected chi connectivity index (χ3v) is 6.98. The first-order chi connectivity index (χ1) is 16.3. The van der Waals surface area contributed by atoms with Gasteiger partial charge in [0, 0.05) is 21.4 Å². The maximum atomic E-state index is 13.8. The van der Waals surface area contributed by atoms with E-state index < -0.39 is 17.7 Å². The van der Waals surface area contributed by atoms with E-state index in [-0.39, 0.29) is 11.7 Å². The number of hydrogen-bond acceptors (Lipinski definition) is 4. The Morgan fingerprint density at radius 3 is 2.56 bits per heavy atom. The van der Waals surface area contributed by atoms with E-state index in [1.807, 2.05) is 25.1 Å². The van der Waals surface area contributed by atoms with Crippen LogP contribution < -0.4 is 25.0 Å². The van der Waals surface area contributed by atoms with Crippen LogP contribution in [0.4, 0.5) is 15.8 Å². The van der Waals surface area contributed by atoms with Gasteiger partial charge in [-0.05, 0) is 85.9 Å². The van der Waals surface area contributed by atoms with Gasteiger partial charge >= 0.3 is 0 Å². The lowest BCUT2D eigenvalue weighted by molar-refractivity contribution is -0.130. The lowest BCUT2D eigenvalue weighted by Crippen LogP contribution is -2.72. The third kappa shape index (κ3) is 3.78. The van der Waals surface area contributed by atoms with Crippen LogP contribution in [0.25, 0.3) is 0 Å². The number of hydrogen-bond donors (Lipinski definition) is 2. The number of thiocarbonyl (C=S) groups is 1. The standard InChI is InChI=1S/C25H21BrFN3O3S/c1-25-21(23(31)28-16-6-10-18(32-2)11-7-16)22(19-13-14(26)3-12-20(19)33-25)29-24(34)30(25)17-8-4-15(27)5-9-17/h3-13,21-22H,1-2H3,(H,28,31)(H,29,34)/t21-,22+,25+/m1/s1. The molecule has 174 valence electrons. The van der Waals surface area contributed by atoms with Crippen LogP contribution in [0.1, 0.15) is 18.5 Å². The topological polar surface area (TPSA) is 62.8 Å². The molecule has 2 aliphatic rings. The number of nitrogens with zero attached hydrogens (tertiary/aromatic N) is 1. The van der Waals surface area contributed by atoms with E-state index in [1.54, 1.807) is 48.4 Å². The minimum atomic E-state index is -1.18. The Balaban J connectivity index is 1.59. The lowest BCUT2D eigenvalue weighted by Gasteiger charge is -2.56. The third-order valence-electron chi connectivity index (χ3n) is 6.18. The van der Waals surface area contributed by atoms with Gasteiger partial charge in [0.1, 0.15) is 23.2 Å². The van der Waals surface area contributed by atoms with Crippen molar-refractivity contribution in [3.8, 4) is 11.5 Å². The Bertz CT molecular complexity index is 1270. The van der Waals surface area contributed by atoms with E-state index in [2.05, 4.69) is 26.6 Å². The second-order valence-corrected chi connectivity index (χ2v) is 9.58. The number of methoxy groups -OCH3 is 1. The summed E-state index contributed by atoms with van der Waals surface area (Å²) in [5, 5.41) is 6.73. The van der Waals surface area contributed by atoms with Crippen molar-refractivity contribution >= 4 is 50.5 Å². The molecule has 9 heteroatoms. The molecular weight excluding hydrogens is 521 g/mol. The van der Waals surface area contributed by atoms with Gasteiger partial charge in [-0.15, -0.1) is 0 Å². The Hall–Kier alpha value is -3.17. The van der Waals surface area contributed by atoms with E-state index >= 15 is 0 Å². The van der Waals surface area contributed by atoms with Crippen molar-refractivity contribution in [2.24, 2.45) is 5.92 Å². The maximum absolute atomic E-state index is 13.8. The summed E-state index contributed by atoms with van der Waals surface area (Å²) in [5.74, 6) is 0.0252. The monoisotopic (exact) mass is 541 g/mol. The number of amides is 1. The van der Waals surface area contributed by atoms with Crippen LogP contribution in [0.15, 0.2) is 71.2 Å². The van der Waals surface area contributed by atoms with Gasteiger partial charge < -0.3 is 20.1 Å². The molecular formula is C25H21BrFN3O3S. The molecule has 0 unspecified atom stereocenters. The highest BCUT2D eigenvalue weighted by molar-refractivity contribution is 9.10. The number of fused-ring (bicyclic) bond motifs is 4. The molecule has 0 aliphatic carbocycles. The Labute approximate surface area is 210 Å². The van der Waals surface area contributed by atoms with E-state index in [1.165, 1.54) is 12.1 Å². The molecule has 2 aliphatic heterocycles. The van der Waals surface area contributed by atoms with Crippen molar-refractivity contribution in [1.29, 1.82) is 0 Å². The number of ether oxygens (including phenoxy) is 2. The zero-order chi connectivity index (χ0) is 24.0. The second kappa shape index (κ2) is 8.56. The lowest BCUT2D eigenvalue weighted by atomic mass is 9.78. The Morgan fingerprint density at radius 2 is 1.88 bits per heavy atom. The van der Waals surface area contributed by atoms with Crippen molar-refractivity contribution < 1.29 is 18.7 Å². The minimum Gasteiger partial charge on any atom is -0.497 e. The predicted octanol–water partition coefficient (Wildman–Crippen LogP) is 5.40. The van der Waals surface area contributed by atoms with Crippen molar-refractivity contribution in [1.82, 2.24) is 5.32 Å². The van der Waals surface area contributed by atoms with Crippen LogP contribution in [0.3, 0.4) is 0 Å². The minimum absolute atomic E-state index is 0.245. The summed E-state index contributed by atoms with van der Waals surface area (Å²) in [7, 11) is 1.59. The summed E-state index contributed by atoms with van der Waals surface area (Å²) in [6, 6.07) is 18.3. The zero-order valence-corrected chi connectivity index (χ0v) is 20.7. The van der Waals surface area contributed by atoms with Gasteiger partial charge in [0.2, 0.25) is 5.91 Å². The molecule has 0 spiro atoms. The largest absolute Gasteiger partial charge is 0.497 e. The molecule has 1 saturated heterocycles. The van der Waals surface area contributed by atoms with Crippen LogP contribution in [-0.2, 0) is 4.79 Å². The Kier molecular flexibility index (Phi) is 5.69. The van der Waals surface area contributed by atoms with E-state index in [9.17, 15) is 9.18 Å². The fourth-order valence-corrected chi connectivity index (χ4v) is 5.42. The van der Waals surface area contributed by atoms with Crippen molar-refractivity contribution in [3.63, 3.8) is 0 Å². The zero-order valence-electron chi connectivity index (χ0n) is 18.3. The number of carbonyl (C=O) groups is 1. The van der Waals surface area contributed by atoms with Crippen molar-refractivity contribution in [2.45, 2.75) is 18.7 Å². The van der Waals surface area contributed by atoms with Gasteiger partial charge in [-0.3, -0.25) is 9.69 Å². The normalized spacial score (nSPS) is 22.8. The number of nitrogens with one attached hydrogen (secondary N) is 2. The SMILES string of the molecule is COc1ccc(NC(=O)[C@H]2[C@H]3NC(=S)N(c4ccc(F)cc4)[C@@]2(C)Oc2ccc(Br)cc23)cc1. The fraction of sp³-hybridized carbons (Fsp3) is 0.200. The van der Waals surface area contributed by atoms with Crippen LogP contribution >= 0.6 is 28.1 Å². The molecule has 6 nitrogen and oxygen atoms in total. The van der Waals surface area contributed by atoms with Gasteiger partial charge in [-0.25, -0.2) is 4.39 Å². The number of anilines is 2. The molecule has 3 aromatic rings. The average molecular weight is 542 g/mol. The van der Waals surface area contributed by atoms with Crippen LogP contribution in [0.2, 0.25) is 0 Å². The first-order valence-electron chi connectivity index (χ1n) is 10.6. The highest BCUT2D eigenvalue weighted by Crippen LogP contribution is 2.50. The molecule has 1 amide bonds. The fourth-order valence-electron chi connectivity index (χ4n) is 4.63. The quantitative estimate of drug-likeness (QED) is 0.431. The molecule has 2 N–H and O–H groups in total. The highest BCUT2D eigenvalue weighted by atomic mass is 79.9. The molecule has 0 saturated carbocycles. The van der Waals surface area contributed by atoms with E-state index in [0.717, 1.165) is 10.0 Å². The Morgan fingerprint density at radius 1 is 1.18 bits per heavy atom. The molecule has 5 rings (SSSR count). The smallest absolute Gasteiger partial charge is 0.236 e. The molecule has 3 atom stereocenters. The summed E-state index contributed by atoms with van der Waals surface area (Å²) >= 11 is 9.22. The number of benzene rings is 3. The summed E-state index contributed by atoms with van der Waals surface area (Å²) in [5.41, 5.74) is 0.885. The number of halogens is 2. The summed E-state index contributed by atoms with van der Waals surface area (Å²) < 4.78 is 26.3. The van der Waals surface area contributed by atoms with E-state index in [4.69, 9.17) is 21.7 Å². The molecule has 2 bridgehead atoms.